The first-order valence-corrected chi connectivity index (χ1v) is 9.59. The average Bonchev–Trinajstić information content (AvgIpc) is 2.79. The Kier molecular flexibility index (Phi) is 4.94. The lowest BCUT2D eigenvalue weighted by Gasteiger charge is -2.16. The average molecular weight is 423 g/mol. The summed E-state index contributed by atoms with van der Waals surface area (Å²) in [5.41, 5.74) is 2.68. The molecular formula is C19H21Br2N. The molecule has 3 rings (SSSR count). The van der Waals surface area contributed by atoms with E-state index in [9.17, 15) is 0 Å². The van der Waals surface area contributed by atoms with E-state index in [2.05, 4.69) is 86.7 Å². The Morgan fingerprint density at radius 1 is 0.909 bits per heavy atom. The maximum Gasteiger partial charge on any atom is 0.0492 e. The van der Waals surface area contributed by atoms with Gasteiger partial charge in [-0.1, -0.05) is 58.5 Å². The van der Waals surface area contributed by atoms with Crippen LogP contribution in [0.2, 0.25) is 0 Å². The van der Waals surface area contributed by atoms with Crippen LogP contribution in [0.25, 0.3) is 21.8 Å². The highest BCUT2D eigenvalue weighted by atomic mass is 79.9. The van der Waals surface area contributed by atoms with Crippen LogP contribution in [0.15, 0.2) is 45.3 Å². The van der Waals surface area contributed by atoms with Gasteiger partial charge in [0.2, 0.25) is 0 Å². The monoisotopic (exact) mass is 421 g/mol. The van der Waals surface area contributed by atoms with Gasteiger partial charge in [-0.2, -0.15) is 0 Å². The van der Waals surface area contributed by atoms with Crippen LogP contribution >= 0.6 is 31.9 Å². The highest BCUT2D eigenvalue weighted by molar-refractivity contribution is 9.10. The van der Waals surface area contributed by atoms with E-state index in [-0.39, 0.29) is 0 Å². The lowest BCUT2D eigenvalue weighted by molar-refractivity contribution is 0.410. The number of hydrogen-bond donors (Lipinski definition) is 0. The summed E-state index contributed by atoms with van der Waals surface area (Å²) in [7, 11) is 0. The predicted octanol–water partition coefficient (Wildman–Crippen LogP) is 7.15. The summed E-state index contributed by atoms with van der Waals surface area (Å²) in [6.07, 6.45) is 3.79. The molecule has 3 heteroatoms. The van der Waals surface area contributed by atoms with Crippen molar-refractivity contribution >= 4 is 53.7 Å². The van der Waals surface area contributed by atoms with Crippen molar-refractivity contribution in [3.05, 3.63) is 45.3 Å². The molecule has 0 bridgehead atoms. The van der Waals surface area contributed by atoms with E-state index in [0.29, 0.717) is 0 Å². The minimum Gasteiger partial charge on any atom is -0.340 e. The standard InChI is InChI=1S/C19H21Br2N/c1-3-5-13(4-2)12-22-18-8-6-14(20)10-16(18)17-11-15(21)7-9-19(17)22/h6-11,13H,3-5,12H2,1-2H3. The van der Waals surface area contributed by atoms with Crippen LogP contribution in [0.1, 0.15) is 33.1 Å². The fourth-order valence-corrected chi connectivity index (χ4v) is 4.06. The zero-order chi connectivity index (χ0) is 15.7. The summed E-state index contributed by atoms with van der Waals surface area (Å²) in [5.74, 6) is 0.746. The fraction of sp³-hybridized carbons (Fsp3) is 0.368. The van der Waals surface area contributed by atoms with Gasteiger partial charge in [0, 0.05) is 37.3 Å². The fourth-order valence-electron chi connectivity index (χ4n) is 3.34. The number of hydrogen-bond acceptors (Lipinski definition) is 0. The van der Waals surface area contributed by atoms with Gasteiger partial charge in [-0.3, -0.25) is 0 Å². The van der Waals surface area contributed by atoms with Gasteiger partial charge in [0.25, 0.3) is 0 Å². The topological polar surface area (TPSA) is 4.93 Å². The van der Waals surface area contributed by atoms with Crippen molar-refractivity contribution in [1.82, 2.24) is 4.57 Å². The second kappa shape index (κ2) is 6.76. The molecule has 0 aliphatic carbocycles. The zero-order valence-electron chi connectivity index (χ0n) is 13.1. The van der Waals surface area contributed by atoms with Gasteiger partial charge in [-0.15, -0.1) is 0 Å². The molecule has 0 aliphatic rings. The third-order valence-corrected chi connectivity index (χ3v) is 5.49. The van der Waals surface area contributed by atoms with Gasteiger partial charge in [0.15, 0.2) is 0 Å². The largest absolute Gasteiger partial charge is 0.340 e. The molecule has 1 atom stereocenters. The van der Waals surface area contributed by atoms with Gasteiger partial charge < -0.3 is 4.57 Å². The molecule has 0 radical (unpaired) electrons. The number of nitrogens with zero attached hydrogens (tertiary/aromatic N) is 1. The number of fused-ring (bicyclic) bond motifs is 3. The second-order valence-corrected chi connectivity index (χ2v) is 7.83. The molecule has 0 N–H and O–H groups in total. The van der Waals surface area contributed by atoms with Gasteiger partial charge in [0.05, 0.1) is 0 Å². The number of benzene rings is 2. The van der Waals surface area contributed by atoms with Crippen molar-refractivity contribution < 1.29 is 0 Å². The zero-order valence-corrected chi connectivity index (χ0v) is 16.2. The lowest BCUT2D eigenvalue weighted by Crippen LogP contribution is -2.09. The van der Waals surface area contributed by atoms with Crippen LogP contribution in [0.3, 0.4) is 0 Å². The first-order valence-electron chi connectivity index (χ1n) is 8.01. The molecule has 0 aliphatic heterocycles. The summed E-state index contributed by atoms with van der Waals surface area (Å²) in [4.78, 5) is 0. The van der Waals surface area contributed by atoms with Gasteiger partial charge >= 0.3 is 0 Å². The van der Waals surface area contributed by atoms with Crippen LogP contribution < -0.4 is 0 Å². The number of halogens is 2. The molecule has 1 nitrogen and oxygen atoms in total. The van der Waals surface area contributed by atoms with E-state index in [1.54, 1.807) is 0 Å². The van der Waals surface area contributed by atoms with Crippen molar-refractivity contribution in [2.45, 2.75) is 39.7 Å². The van der Waals surface area contributed by atoms with Crippen molar-refractivity contribution in [2.75, 3.05) is 0 Å². The Morgan fingerprint density at radius 3 is 1.91 bits per heavy atom. The van der Waals surface area contributed by atoms with Crippen LogP contribution in [-0.4, -0.2) is 4.57 Å². The molecule has 22 heavy (non-hydrogen) atoms. The summed E-state index contributed by atoms with van der Waals surface area (Å²) >= 11 is 7.23. The predicted molar refractivity (Wildman–Crippen MR) is 104 cm³/mol. The minimum atomic E-state index is 0.746. The Balaban J connectivity index is 2.22. The van der Waals surface area contributed by atoms with Gasteiger partial charge in [-0.05, 0) is 48.7 Å². The number of aromatic nitrogens is 1. The maximum absolute atomic E-state index is 3.61. The Morgan fingerprint density at radius 2 is 1.45 bits per heavy atom. The van der Waals surface area contributed by atoms with Gasteiger partial charge in [0.1, 0.15) is 0 Å². The van der Waals surface area contributed by atoms with Crippen molar-refractivity contribution in [3.63, 3.8) is 0 Å². The van der Waals surface area contributed by atoms with Crippen LogP contribution in [0.4, 0.5) is 0 Å². The van der Waals surface area contributed by atoms with E-state index < -0.39 is 0 Å². The summed E-state index contributed by atoms with van der Waals surface area (Å²) in [6, 6.07) is 13.3. The van der Waals surface area contributed by atoms with E-state index in [4.69, 9.17) is 0 Å². The molecule has 0 saturated carbocycles. The number of rotatable bonds is 5. The normalized spacial score (nSPS) is 13.1. The van der Waals surface area contributed by atoms with Crippen LogP contribution in [0.5, 0.6) is 0 Å². The molecule has 2 aromatic carbocycles. The summed E-state index contributed by atoms with van der Waals surface area (Å²) in [5, 5.41) is 2.66. The Hall–Kier alpha value is -0.800. The van der Waals surface area contributed by atoms with E-state index >= 15 is 0 Å². The third-order valence-electron chi connectivity index (χ3n) is 4.50. The van der Waals surface area contributed by atoms with Gasteiger partial charge in [-0.25, -0.2) is 0 Å². The summed E-state index contributed by atoms with van der Waals surface area (Å²) in [6.45, 7) is 5.69. The highest BCUT2D eigenvalue weighted by Crippen LogP contribution is 2.34. The molecular weight excluding hydrogens is 402 g/mol. The summed E-state index contributed by atoms with van der Waals surface area (Å²) < 4.78 is 4.78. The molecule has 3 aromatic rings. The smallest absolute Gasteiger partial charge is 0.0492 e. The van der Waals surface area contributed by atoms with Crippen molar-refractivity contribution in [1.29, 1.82) is 0 Å². The van der Waals surface area contributed by atoms with Crippen molar-refractivity contribution in [2.24, 2.45) is 5.92 Å². The molecule has 1 heterocycles. The molecule has 1 aromatic heterocycles. The van der Waals surface area contributed by atoms with E-state index in [1.165, 1.54) is 41.1 Å². The van der Waals surface area contributed by atoms with E-state index in [1.807, 2.05) is 0 Å². The Bertz CT molecular complexity index is 745. The SMILES string of the molecule is CCCC(CC)Cn1c2ccc(Br)cc2c2cc(Br)ccc21. The molecule has 0 spiro atoms. The molecule has 0 saturated heterocycles. The third kappa shape index (κ3) is 2.98. The first-order chi connectivity index (χ1) is 10.6. The molecule has 0 amide bonds. The quantitative estimate of drug-likeness (QED) is 0.411. The first kappa shape index (κ1) is 16.1. The highest BCUT2D eigenvalue weighted by Gasteiger charge is 2.14. The maximum atomic E-state index is 3.61. The van der Waals surface area contributed by atoms with E-state index in [0.717, 1.165) is 21.4 Å². The molecule has 116 valence electrons. The van der Waals surface area contributed by atoms with Crippen LogP contribution in [-0.2, 0) is 6.54 Å². The van der Waals surface area contributed by atoms with Crippen molar-refractivity contribution in [3.8, 4) is 0 Å². The second-order valence-electron chi connectivity index (χ2n) is 6.00. The van der Waals surface area contributed by atoms with Crippen LogP contribution in [0, 0.1) is 5.92 Å². The molecule has 1 unspecified atom stereocenters. The lowest BCUT2D eigenvalue weighted by atomic mass is 10.0. The minimum absolute atomic E-state index is 0.746. The molecule has 0 fully saturated rings. The Labute approximate surface area is 149 Å².